The van der Waals surface area contributed by atoms with E-state index in [4.69, 9.17) is 16.3 Å². The molecule has 2 N–H and O–H groups in total. The van der Waals surface area contributed by atoms with Gasteiger partial charge in [0.25, 0.3) is 0 Å². The van der Waals surface area contributed by atoms with Gasteiger partial charge in [-0.3, -0.25) is 0 Å². The zero-order chi connectivity index (χ0) is 19.8. The molecular formula is C19H22ClN7O. The lowest BCUT2D eigenvalue weighted by Crippen LogP contribution is -2.04. The molecule has 0 fully saturated rings. The van der Waals surface area contributed by atoms with E-state index in [1.54, 1.807) is 6.20 Å². The molecule has 0 unspecified atom stereocenters. The fourth-order valence-corrected chi connectivity index (χ4v) is 3.48. The maximum absolute atomic E-state index is 6.47. The molecule has 4 aromatic rings. The maximum atomic E-state index is 6.47. The van der Waals surface area contributed by atoms with Gasteiger partial charge in [-0.1, -0.05) is 18.5 Å². The van der Waals surface area contributed by atoms with Crippen molar-refractivity contribution in [2.45, 2.75) is 40.2 Å². The van der Waals surface area contributed by atoms with Gasteiger partial charge in [-0.2, -0.15) is 15.1 Å². The highest BCUT2D eigenvalue weighted by Crippen LogP contribution is 2.34. The van der Waals surface area contributed by atoms with Gasteiger partial charge in [0.2, 0.25) is 11.8 Å². The van der Waals surface area contributed by atoms with Crippen LogP contribution in [0.4, 0.5) is 11.6 Å². The van der Waals surface area contributed by atoms with Crippen LogP contribution in [0.3, 0.4) is 0 Å². The van der Waals surface area contributed by atoms with Crippen LogP contribution in [0, 0.1) is 0 Å². The molecule has 0 aromatic carbocycles. The summed E-state index contributed by atoms with van der Waals surface area (Å²) >= 11 is 6.47. The van der Waals surface area contributed by atoms with E-state index in [0.29, 0.717) is 34.5 Å². The number of hydrogen-bond donors (Lipinski definition) is 2. The van der Waals surface area contributed by atoms with E-state index in [9.17, 15) is 0 Å². The summed E-state index contributed by atoms with van der Waals surface area (Å²) in [6.07, 6.45) is 4.32. The molecule has 0 aliphatic heterocycles. The maximum Gasteiger partial charge on any atom is 0.232 e. The highest BCUT2D eigenvalue weighted by Gasteiger charge is 2.18. The summed E-state index contributed by atoms with van der Waals surface area (Å²) in [7, 11) is 0. The van der Waals surface area contributed by atoms with Gasteiger partial charge in [0.1, 0.15) is 5.65 Å². The molecule has 0 saturated carbocycles. The van der Waals surface area contributed by atoms with E-state index >= 15 is 0 Å². The summed E-state index contributed by atoms with van der Waals surface area (Å²) in [6.45, 7) is 8.57. The number of aromatic amines is 1. The molecule has 0 atom stereocenters. The van der Waals surface area contributed by atoms with Crippen LogP contribution in [0.15, 0.2) is 18.5 Å². The van der Waals surface area contributed by atoms with Crippen molar-refractivity contribution < 1.29 is 4.74 Å². The number of hydrogen-bond acceptors (Lipinski definition) is 6. The second kappa shape index (κ2) is 7.27. The predicted molar refractivity (Wildman–Crippen MR) is 111 cm³/mol. The van der Waals surface area contributed by atoms with Gasteiger partial charge in [0, 0.05) is 17.1 Å². The van der Waals surface area contributed by atoms with Crippen LogP contribution < -0.4 is 10.1 Å². The molecule has 4 rings (SSSR count). The molecule has 0 radical (unpaired) electrons. The van der Waals surface area contributed by atoms with Crippen molar-refractivity contribution in [3.05, 3.63) is 29.2 Å². The number of pyridine rings is 1. The van der Waals surface area contributed by atoms with Gasteiger partial charge in [-0.25, -0.2) is 9.67 Å². The Morgan fingerprint density at radius 3 is 2.79 bits per heavy atom. The number of H-pyrrole nitrogens is 1. The monoisotopic (exact) mass is 399 g/mol. The molecule has 0 bridgehead atoms. The molecular weight excluding hydrogens is 378 g/mol. The first-order chi connectivity index (χ1) is 13.5. The number of fused-ring (bicyclic) bond motifs is 2. The normalized spacial score (nSPS) is 11.6. The van der Waals surface area contributed by atoms with Crippen molar-refractivity contribution in [3.63, 3.8) is 0 Å². The van der Waals surface area contributed by atoms with E-state index in [1.165, 1.54) is 0 Å². The van der Waals surface area contributed by atoms with E-state index in [-0.39, 0.29) is 6.04 Å². The third kappa shape index (κ3) is 3.13. The van der Waals surface area contributed by atoms with Crippen molar-refractivity contribution in [2.24, 2.45) is 0 Å². The number of rotatable bonds is 6. The minimum absolute atomic E-state index is 0.244. The third-order valence-electron chi connectivity index (χ3n) is 4.44. The fourth-order valence-electron chi connectivity index (χ4n) is 3.13. The zero-order valence-corrected chi connectivity index (χ0v) is 17.0. The van der Waals surface area contributed by atoms with Crippen molar-refractivity contribution in [1.29, 1.82) is 0 Å². The summed E-state index contributed by atoms with van der Waals surface area (Å²) in [6, 6.07) is 2.22. The summed E-state index contributed by atoms with van der Waals surface area (Å²) in [5.41, 5.74) is 3.17. The third-order valence-corrected chi connectivity index (χ3v) is 4.86. The van der Waals surface area contributed by atoms with Gasteiger partial charge < -0.3 is 15.0 Å². The Hall–Kier alpha value is -2.87. The molecule has 0 amide bonds. The second-order valence-corrected chi connectivity index (χ2v) is 7.10. The largest absolute Gasteiger partial charge is 0.477 e. The number of aromatic nitrogens is 6. The van der Waals surface area contributed by atoms with E-state index in [1.807, 2.05) is 30.8 Å². The first-order valence-electron chi connectivity index (χ1n) is 9.33. The Labute approximate surface area is 167 Å². The fraction of sp³-hybridized carbons (Fsp3) is 0.368. The average Bonchev–Trinajstić information content (AvgIpc) is 3.22. The first kappa shape index (κ1) is 18.5. The molecule has 4 heterocycles. The van der Waals surface area contributed by atoms with Crippen molar-refractivity contribution in [3.8, 4) is 5.88 Å². The smallest absolute Gasteiger partial charge is 0.232 e. The number of ether oxygens (including phenoxy) is 1. The van der Waals surface area contributed by atoms with Crippen LogP contribution in [0.25, 0.3) is 22.1 Å². The molecule has 4 aromatic heterocycles. The Kier molecular flexibility index (Phi) is 4.80. The van der Waals surface area contributed by atoms with E-state index in [2.05, 4.69) is 44.2 Å². The molecule has 0 saturated heterocycles. The van der Waals surface area contributed by atoms with Crippen molar-refractivity contribution >= 4 is 45.3 Å². The molecule has 9 heteroatoms. The van der Waals surface area contributed by atoms with Crippen LogP contribution >= 0.6 is 11.6 Å². The minimum Gasteiger partial charge on any atom is -0.477 e. The first-order valence-corrected chi connectivity index (χ1v) is 9.70. The molecule has 146 valence electrons. The van der Waals surface area contributed by atoms with Gasteiger partial charge in [-0.05, 0) is 33.3 Å². The number of aryl methyl sites for hydroxylation is 1. The summed E-state index contributed by atoms with van der Waals surface area (Å²) in [5.74, 6) is 0.867. The Bertz CT molecular complexity index is 1150. The second-order valence-electron chi connectivity index (χ2n) is 6.72. The Balaban J connectivity index is 1.74. The van der Waals surface area contributed by atoms with Gasteiger partial charge in [0.15, 0.2) is 5.65 Å². The van der Waals surface area contributed by atoms with Crippen LogP contribution in [0.1, 0.15) is 39.4 Å². The van der Waals surface area contributed by atoms with E-state index < -0.39 is 0 Å². The summed E-state index contributed by atoms with van der Waals surface area (Å²) in [5, 5.41) is 9.87. The lowest BCUT2D eigenvalue weighted by molar-refractivity contribution is 0.331. The molecule has 8 nitrogen and oxygen atoms in total. The van der Waals surface area contributed by atoms with Gasteiger partial charge in [0.05, 0.1) is 35.1 Å². The summed E-state index contributed by atoms with van der Waals surface area (Å²) in [4.78, 5) is 16.9. The lowest BCUT2D eigenvalue weighted by Gasteiger charge is -2.09. The molecule has 0 spiro atoms. The quantitative estimate of drug-likeness (QED) is 0.490. The number of nitrogens with one attached hydrogen (secondary N) is 2. The van der Waals surface area contributed by atoms with Crippen molar-refractivity contribution in [2.75, 3.05) is 11.9 Å². The number of halogens is 1. The Morgan fingerprint density at radius 2 is 2.07 bits per heavy atom. The standard InChI is InChI=1S/C19H22ClN7O/c1-5-13-15(20)14-16(24-13)25-19(26-18(14)28-6-2)23-12-7-11-8-22-27(10(3)4)17(11)21-9-12/h7-10H,5-6H2,1-4H3,(H2,23,24,25,26). The van der Waals surface area contributed by atoms with Crippen LogP contribution in [-0.4, -0.2) is 36.3 Å². The highest BCUT2D eigenvalue weighted by atomic mass is 35.5. The topological polar surface area (TPSA) is 93.5 Å². The minimum atomic E-state index is 0.244. The summed E-state index contributed by atoms with van der Waals surface area (Å²) < 4.78 is 7.60. The van der Waals surface area contributed by atoms with E-state index in [0.717, 1.165) is 28.8 Å². The number of anilines is 2. The van der Waals surface area contributed by atoms with Crippen LogP contribution in [0.5, 0.6) is 5.88 Å². The van der Waals surface area contributed by atoms with Gasteiger partial charge in [-0.15, -0.1) is 0 Å². The highest BCUT2D eigenvalue weighted by molar-refractivity contribution is 6.36. The Morgan fingerprint density at radius 1 is 1.25 bits per heavy atom. The van der Waals surface area contributed by atoms with Gasteiger partial charge >= 0.3 is 0 Å². The number of nitrogens with zero attached hydrogens (tertiary/aromatic N) is 5. The zero-order valence-electron chi connectivity index (χ0n) is 16.2. The molecule has 28 heavy (non-hydrogen) atoms. The molecule has 0 aliphatic carbocycles. The van der Waals surface area contributed by atoms with Crippen LogP contribution in [-0.2, 0) is 6.42 Å². The molecule has 0 aliphatic rings. The average molecular weight is 400 g/mol. The SMILES string of the molecule is CCOc1nc(Nc2cnc3c(cnn3C(C)C)c2)nc2[nH]c(CC)c(Cl)c12. The van der Waals surface area contributed by atoms with Crippen LogP contribution in [0.2, 0.25) is 5.02 Å². The predicted octanol–water partition coefficient (Wildman–Crippen LogP) is 4.64. The van der Waals surface area contributed by atoms with Crippen molar-refractivity contribution in [1.82, 2.24) is 29.7 Å². The lowest BCUT2D eigenvalue weighted by atomic mass is 10.3.